The van der Waals surface area contributed by atoms with Gasteiger partial charge >= 0.3 is 0 Å². The fraction of sp³-hybridized carbons (Fsp3) is 0.533. The maximum absolute atomic E-state index is 12.2. The van der Waals surface area contributed by atoms with E-state index in [1.807, 2.05) is 23.1 Å². The smallest absolute Gasteiger partial charge is 0.238 e. The highest BCUT2D eigenvalue weighted by atomic mass is 16.5. The topological polar surface area (TPSA) is 41.6 Å². The Morgan fingerprint density at radius 2 is 2.16 bits per heavy atom. The number of carbonyl (C=O) groups is 1. The number of nitrogens with zero attached hydrogens (tertiary/aromatic N) is 1. The Balaban J connectivity index is 1.82. The van der Waals surface area contributed by atoms with Crippen LogP contribution in [0.2, 0.25) is 0 Å². The highest BCUT2D eigenvalue weighted by molar-refractivity contribution is 5.81. The van der Waals surface area contributed by atoms with Crippen LogP contribution in [-0.4, -0.2) is 36.6 Å². The summed E-state index contributed by atoms with van der Waals surface area (Å²) in [6, 6.07) is 10.4. The molecule has 1 amide bonds. The van der Waals surface area contributed by atoms with Gasteiger partial charge in [-0.1, -0.05) is 30.3 Å². The second-order valence-electron chi connectivity index (χ2n) is 5.36. The van der Waals surface area contributed by atoms with Gasteiger partial charge in [-0.05, 0) is 18.9 Å². The van der Waals surface area contributed by atoms with Crippen molar-refractivity contribution in [3.05, 3.63) is 35.9 Å². The minimum absolute atomic E-state index is 0.00398. The summed E-state index contributed by atoms with van der Waals surface area (Å²) in [6.45, 7) is 4.16. The van der Waals surface area contributed by atoms with Crippen LogP contribution in [0.1, 0.15) is 25.1 Å². The van der Waals surface area contributed by atoms with E-state index in [2.05, 4.69) is 24.4 Å². The maximum Gasteiger partial charge on any atom is 0.238 e. The molecule has 1 aromatic rings. The molecule has 2 heterocycles. The van der Waals surface area contributed by atoms with E-state index in [9.17, 15) is 4.79 Å². The molecule has 0 saturated carbocycles. The van der Waals surface area contributed by atoms with Gasteiger partial charge in [-0.3, -0.25) is 10.1 Å². The molecule has 4 heteroatoms. The minimum Gasteiger partial charge on any atom is -0.381 e. The maximum atomic E-state index is 12.2. The Morgan fingerprint density at radius 1 is 1.37 bits per heavy atom. The first-order valence-corrected chi connectivity index (χ1v) is 6.94. The first-order chi connectivity index (χ1) is 9.27. The van der Waals surface area contributed by atoms with E-state index < -0.39 is 0 Å². The lowest BCUT2D eigenvalue weighted by atomic mass is 9.98. The van der Waals surface area contributed by atoms with E-state index in [0.29, 0.717) is 12.5 Å². The molecule has 0 spiro atoms. The zero-order valence-corrected chi connectivity index (χ0v) is 11.2. The van der Waals surface area contributed by atoms with Crippen molar-refractivity contribution >= 4 is 5.91 Å². The predicted molar refractivity (Wildman–Crippen MR) is 72.4 cm³/mol. The molecule has 3 unspecified atom stereocenters. The average Bonchev–Trinajstić information content (AvgIpc) is 3.08. The summed E-state index contributed by atoms with van der Waals surface area (Å²) in [5.74, 6) is 0.642. The van der Waals surface area contributed by atoms with Gasteiger partial charge in [-0.25, -0.2) is 0 Å². The van der Waals surface area contributed by atoms with Crippen molar-refractivity contribution in [2.45, 2.75) is 25.6 Å². The highest BCUT2D eigenvalue weighted by Gasteiger charge is 2.38. The van der Waals surface area contributed by atoms with E-state index in [1.165, 1.54) is 0 Å². The van der Waals surface area contributed by atoms with Crippen LogP contribution >= 0.6 is 0 Å². The Kier molecular flexibility index (Phi) is 3.53. The average molecular weight is 260 g/mol. The standard InChI is InChI=1S/C15H20N2O2/c1-11(13-7-8-19-10-13)17-14(18)9-16-15(17)12-5-3-2-4-6-12/h2-6,11,13,15-16H,7-10H2,1H3. The number of hydrogen-bond acceptors (Lipinski definition) is 3. The Morgan fingerprint density at radius 3 is 2.84 bits per heavy atom. The van der Waals surface area contributed by atoms with Crippen LogP contribution in [0.4, 0.5) is 0 Å². The zero-order valence-electron chi connectivity index (χ0n) is 11.2. The lowest BCUT2D eigenvalue weighted by Gasteiger charge is -2.33. The molecule has 0 aromatic heterocycles. The molecule has 2 aliphatic rings. The van der Waals surface area contributed by atoms with Crippen molar-refractivity contribution in [3.63, 3.8) is 0 Å². The molecule has 2 aliphatic heterocycles. The Hall–Kier alpha value is -1.39. The number of carbonyl (C=O) groups excluding carboxylic acids is 1. The van der Waals surface area contributed by atoms with E-state index in [-0.39, 0.29) is 18.1 Å². The highest BCUT2D eigenvalue weighted by Crippen LogP contribution is 2.30. The van der Waals surface area contributed by atoms with Gasteiger partial charge in [0.2, 0.25) is 5.91 Å². The summed E-state index contributed by atoms with van der Waals surface area (Å²) in [7, 11) is 0. The van der Waals surface area contributed by atoms with Gasteiger partial charge in [0.25, 0.3) is 0 Å². The van der Waals surface area contributed by atoms with Crippen molar-refractivity contribution in [3.8, 4) is 0 Å². The second kappa shape index (κ2) is 5.31. The van der Waals surface area contributed by atoms with Crippen molar-refractivity contribution in [1.29, 1.82) is 0 Å². The molecule has 102 valence electrons. The van der Waals surface area contributed by atoms with Gasteiger partial charge < -0.3 is 9.64 Å². The summed E-state index contributed by atoms with van der Waals surface area (Å²) in [6.07, 6.45) is 1.05. The third-order valence-corrected chi connectivity index (χ3v) is 4.21. The summed E-state index contributed by atoms with van der Waals surface area (Å²) in [5.41, 5.74) is 1.15. The molecule has 2 fully saturated rings. The van der Waals surface area contributed by atoms with Crippen LogP contribution in [0.25, 0.3) is 0 Å². The molecule has 0 bridgehead atoms. The first-order valence-electron chi connectivity index (χ1n) is 6.94. The van der Waals surface area contributed by atoms with Crippen molar-refractivity contribution < 1.29 is 9.53 Å². The molecule has 3 atom stereocenters. The van der Waals surface area contributed by atoms with E-state index in [0.717, 1.165) is 25.2 Å². The number of amides is 1. The molecule has 0 radical (unpaired) electrons. The zero-order chi connectivity index (χ0) is 13.2. The quantitative estimate of drug-likeness (QED) is 0.896. The van der Waals surface area contributed by atoms with Crippen LogP contribution in [0.5, 0.6) is 0 Å². The lowest BCUT2D eigenvalue weighted by molar-refractivity contribution is -0.131. The SMILES string of the molecule is CC(C1CCOC1)N1C(=O)CNC1c1ccccc1. The second-order valence-corrected chi connectivity index (χ2v) is 5.36. The van der Waals surface area contributed by atoms with Crippen LogP contribution in [-0.2, 0) is 9.53 Å². The number of hydrogen-bond donors (Lipinski definition) is 1. The molecule has 1 aromatic carbocycles. The van der Waals surface area contributed by atoms with E-state index in [1.54, 1.807) is 0 Å². The van der Waals surface area contributed by atoms with Crippen molar-refractivity contribution in [2.75, 3.05) is 19.8 Å². The molecular weight excluding hydrogens is 240 g/mol. The third kappa shape index (κ3) is 2.38. The van der Waals surface area contributed by atoms with Crippen LogP contribution < -0.4 is 5.32 Å². The van der Waals surface area contributed by atoms with Gasteiger partial charge in [0.05, 0.1) is 13.2 Å². The predicted octanol–water partition coefficient (Wildman–Crippen LogP) is 1.54. The molecule has 0 aliphatic carbocycles. The fourth-order valence-electron chi connectivity index (χ4n) is 3.05. The molecule has 19 heavy (non-hydrogen) atoms. The van der Waals surface area contributed by atoms with Gasteiger partial charge in [0.1, 0.15) is 6.17 Å². The Bertz CT molecular complexity index is 443. The lowest BCUT2D eigenvalue weighted by Crippen LogP contribution is -2.42. The van der Waals surface area contributed by atoms with Gasteiger partial charge in [0.15, 0.2) is 0 Å². The number of rotatable bonds is 3. The normalized spacial score (nSPS) is 28.9. The van der Waals surface area contributed by atoms with Crippen molar-refractivity contribution in [1.82, 2.24) is 10.2 Å². The summed E-state index contributed by atoms with van der Waals surface area (Å²) >= 11 is 0. The van der Waals surface area contributed by atoms with Gasteiger partial charge in [0, 0.05) is 18.6 Å². The number of nitrogens with one attached hydrogen (secondary N) is 1. The molecule has 3 rings (SSSR count). The van der Waals surface area contributed by atoms with Crippen LogP contribution in [0, 0.1) is 5.92 Å². The minimum atomic E-state index is 0.00398. The van der Waals surface area contributed by atoms with Crippen LogP contribution in [0.3, 0.4) is 0 Å². The number of ether oxygens (including phenoxy) is 1. The first kappa shape index (κ1) is 12.6. The molecule has 4 nitrogen and oxygen atoms in total. The molecule has 1 N–H and O–H groups in total. The van der Waals surface area contributed by atoms with E-state index in [4.69, 9.17) is 4.74 Å². The fourth-order valence-corrected chi connectivity index (χ4v) is 3.05. The van der Waals surface area contributed by atoms with Crippen LogP contribution in [0.15, 0.2) is 30.3 Å². The molecule has 2 saturated heterocycles. The van der Waals surface area contributed by atoms with Gasteiger partial charge in [-0.15, -0.1) is 0 Å². The van der Waals surface area contributed by atoms with Crippen molar-refractivity contribution in [2.24, 2.45) is 5.92 Å². The summed E-state index contributed by atoms with van der Waals surface area (Å²) in [5, 5.41) is 3.31. The third-order valence-electron chi connectivity index (χ3n) is 4.21. The number of benzene rings is 1. The largest absolute Gasteiger partial charge is 0.381 e. The van der Waals surface area contributed by atoms with Gasteiger partial charge in [-0.2, -0.15) is 0 Å². The molecular formula is C15H20N2O2. The van der Waals surface area contributed by atoms with E-state index >= 15 is 0 Å². The summed E-state index contributed by atoms with van der Waals surface area (Å²) < 4.78 is 5.46. The Labute approximate surface area is 113 Å². The monoisotopic (exact) mass is 260 g/mol. The summed E-state index contributed by atoms with van der Waals surface area (Å²) in [4.78, 5) is 14.2.